The second kappa shape index (κ2) is 8.90. The van der Waals surface area contributed by atoms with E-state index in [0.29, 0.717) is 24.4 Å². The fourth-order valence-electron chi connectivity index (χ4n) is 3.24. The van der Waals surface area contributed by atoms with Crippen LogP contribution < -0.4 is 10.2 Å². The van der Waals surface area contributed by atoms with E-state index in [4.69, 9.17) is 4.74 Å². The summed E-state index contributed by atoms with van der Waals surface area (Å²) in [5.41, 5.74) is 2.86. The van der Waals surface area contributed by atoms with Gasteiger partial charge in [0.05, 0.1) is 18.1 Å². The first-order chi connectivity index (χ1) is 13.8. The molecule has 0 bridgehead atoms. The highest BCUT2D eigenvalue weighted by atomic mass is 16.5. The summed E-state index contributed by atoms with van der Waals surface area (Å²) >= 11 is 0. The summed E-state index contributed by atoms with van der Waals surface area (Å²) in [6, 6.07) is 14.2. The number of nitrogens with one attached hydrogen (secondary N) is 1. The number of rotatable bonds is 6. The van der Waals surface area contributed by atoms with Crippen molar-refractivity contribution in [2.24, 2.45) is 11.8 Å². The molecule has 0 spiro atoms. The molecule has 2 amide bonds. The van der Waals surface area contributed by atoms with Crippen LogP contribution in [0.15, 0.2) is 48.5 Å². The normalized spacial score (nSPS) is 16.2. The third-order valence-electron chi connectivity index (χ3n) is 4.84. The van der Waals surface area contributed by atoms with Gasteiger partial charge in [-0.1, -0.05) is 32.0 Å². The van der Waals surface area contributed by atoms with Crippen LogP contribution in [0.4, 0.5) is 11.4 Å². The van der Waals surface area contributed by atoms with E-state index in [-0.39, 0.29) is 30.1 Å². The van der Waals surface area contributed by atoms with Gasteiger partial charge < -0.3 is 15.0 Å². The molecule has 0 saturated carbocycles. The zero-order valence-corrected chi connectivity index (χ0v) is 17.0. The highest BCUT2D eigenvalue weighted by Crippen LogP contribution is 2.28. The molecule has 1 heterocycles. The number of benzene rings is 2. The molecular formula is C23H26N2O4. The molecule has 152 valence electrons. The van der Waals surface area contributed by atoms with E-state index in [2.05, 4.69) is 5.32 Å². The Morgan fingerprint density at radius 3 is 2.48 bits per heavy atom. The molecule has 0 aliphatic carbocycles. The van der Waals surface area contributed by atoms with E-state index in [9.17, 15) is 14.4 Å². The number of aryl methyl sites for hydroxylation is 1. The second-order valence-electron chi connectivity index (χ2n) is 7.75. The van der Waals surface area contributed by atoms with Gasteiger partial charge in [0.2, 0.25) is 11.8 Å². The minimum atomic E-state index is -0.419. The van der Waals surface area contributed by atoms with E-state index in [1.807, 2.05) is 45.0 Å². The number of ether oxygens (including phenoxy) is 1. The molecule has 0 aromatic heterocycles. The van der Waals surface area contributed by atoms with Crippen molar-refractivity contribution in [3.05, 3.63) is 59.7 Å². The molecule has 1 atom stereocenters. The lowest BCUT2D eigenvalue weighted by molar-refractivity contribution is -0.122. The summed E-state index contributed by atoms with van der Waals surface area (Å²) in [4.78, 5) is 38.7. The Morgan fingerprint density at radius 1 is 1.14 bits per heavy atom. The van der Waals surface area contributed by atoms with Crippen LogP contribution in [0.1, 0.15) is 36.2 Å². The minimum Gasteiger partial charge on any atom is -0.462 e. The summed E-state index contributed by atoms with van der Waals surface area (Å²) in [5, 5.41) is 2.84. The number of hydrogen-bond donors (Lipinski definition) is 1. The van der Waals surface area contributed by atoms with Gasteiger partial charge in [0, 0.05) is 24.3 Å². The van der Waals surface area contributed by atoms with Crippen LogP contribution in [0.2, 0.25) is 0 Å². The Kier molecular flexibility index (Phi) is 6.32. The van der Waals surface area contributed by atoms with Crippen molar-refractivity contribution in [3.63, 3.8) is 0 Å². The fraction of sp³-hybridized carbons (Fsp3) is 0.348. The molecule has 1 N–H and O–H groups in total. The molecule has 3 rings (SSSR count). The molecule has 29 heavy (non-hydrogen) atoms. The van der Waals surface area contributed by atoms with E-state index in [1.165, 1.54) is 0 Å². The standard InChI is InChI=1S/C23H26N2O4/c1-15(2)14-29-23(28)17-8-10-19(11-9-17)24-22(27)18-12-21(26)25(13-18)20-7-5-4-6-16(20)3/h4-11,15,18H,12-14H2,1-3H3,(H,24,27)/t18-/m0/s1. The van der Waals surface area contributed by atoms with Crippen molar-refractivity contribution < 1.29 is 19.1 Å². The lowest BCUT2D eigenvalue weighted by Crippen LogP contribution is -2.28. The summed E-state index contributed by atoms with van der Waals surface area (Å²) in [5.74, 6) is -0.789. The number of esters is 1. The molecular weight excluding hydrogens is 368 g/mol. The molecule has 6 nitrogen and oxygen atoms in total. The Morgan fingerprint density at radius 2 is 1.83 bits per heavy atom. The van der Waals surface area contributed by atoms with Crippen LogP contribution in [0.25, 0.3) is 0 Å². The van der Waals surface area contributed by atoms with Gasteiger partial charge >= 0.3 is 5.97 Å². The molecule has 0 radical (unpaired) electrons. The van der Waals surface area contributed by atoms with Gasteiger partial charge in [-0.05, 0) is 48.7 Å². The van der Waals surface area contributed by atoms with Crippen LogP contribution in [-0.2, 0) is 14.3 Å². The van der Waals surface area contributed by atoms with Gasteiger partial charge in [-0.2, -0.15) is 0 Å². The second-order valence-corrected chi connectivity index (χ2v) is 7.75. The van der Waals surface area contributed by atoms with Crippen LogP contribution in [-0.4, -0.2) is 30.9 Å². The van der Waals surface area contributed by atoms with E-state index in [1.54, 1.807) is 29.2 Å². The van der Waals surface area contributed by atoms with Crippen molar-refractivity contribution in [3.8, 4) is 0 Å². The largest absolute Gasteiger partial charge is 0.462 e. The predicted molar refractivity (Wildman–Crippen MR) is 112 cm³/mol. The van der Waals surface area contributed by atoms with Gasteiger partial charge in [-0.25, -0.2) is 4.79 Å². The topological polar surface area (TPSA) is 75.7 Å². The Hall–Kier alpha value is -3.15. The summed E-state index contributed by atoms with van der Waals surface area (Å²) in [6.45, 7) is 6.61. The summed E-state index contributed by atoms with van der Waals surface area (Å²) < 4.78 is 5.20. The third kappa shape index (κ3) is 5.02. The van der Waals surface area contributed by atoms with Crippen molar-refractivity contribution in [1.29, 1.82) is 0 Å². The molecule has 6 heteroatoms. The molecule has 1 aliphatic heterocycles. The maximum absolute atomic E-state index is 12.6. The lowest BCUT2D eigenvalue weighted by Gasteiger charge is -2.19. The number of carbonyl (C=O) groups excluding carboxylic acids is 3. The first kappa shape index (κ1) is 20.6. The Balaban J connectivity index is 1.60. The number of hydrogen-bond acceptors (Lipinski definition) is 4. The number of para-hydroxylation sites is 1. The molecule has 2 aromatic rings. The van der Waals surface area contributed by atoms with Gasteiger partial charge in [0.1, 0.15) is 0 Å². The third-order valence-corrected chi connectivity index (χ3v) is 4.84. The van der Waals surface area contributed by atoms with Gasteiger partial charge in [0.15, 0.2) is 0 Å². The van der Waals surface area contributed by atoms with E-state index in [0.717, 1.165) is 11.3 Å². The van der Waals surface area contributed by atoms with Crippen molar-refractivity contribution >= 4 is 29.2 Å². The smallest absolute Gasteiger partial charge is 0.338 e. The van der Waals surface area contributed by atoms with Crippen LogP contribution >= 0.6 is 0 Å². The van der Waals surface area contributed by atoms with E-state index < -0.39 is 5.92 Å². The zero-order valence-electron chi connectivity index (χ0n) is 17.0. The molecule has 2 aromatic carbocycles. The molecule has 1 saturated heterocycles. The maximum atomic E-state index is 12.6. The van der Waals surface area contributed by atoms with E-state index >= 15 is 0 Å². The van der Waals surface area contributed by atoms with Crippen molar-refractivity contribution in [2.45, 2.75) is 27.2 Å². The monoisotopic (exact) mass is 394 g/mol. The molecule has 1 fully saturated rings. The first-order valence-electron chi connectivity index (χ1n) is 9.79. The number of anilines is 2. The van der Waals surface area contributed by atoms with Gasteiger partial charge in [-0.3, -0.25) is 9.59 Å². The number of carbonyl (C=O) groups is 3. The predicted octanol–water partition coefficient (Wildman–Crippen LogP) is 3.80. The highest BCUT2D eigenvalue weighted by Gasteiger charge is 2.35. The summed E-state index contributed by atoms with van der Waals surface area (Å²) in [7, 11) is 0. The fourth-order valence-corrected chi connectivity index (χ4v) is 3.24. The first-order valence-corrected chi connectivity index (χ1v) is 9.79. The SMILES string of the molecule is Cc1ccccc1N1C[C@@H](C(=O)Nc2ccc(C(=O)OCC(C)C)cc2)CC1=O. The quantitative estimate of drug-likeness (QED) is 0.756. The number of nitrogens with zero attached hydrogens (tertiary/aromatic N) is 1. The van der Waals surface area contributed by atoms with Crippen molar-refractivity contribution in [1.82, 2.24) is 0 Å². The number of amides is 2. The average molecular weight is 394 g/mol. The van der Waals surface area contributed by atoms with Gasteiger partial charge in [0.25, 0.3) is 0 Å². The Labute approximate surface area is 170 Å². The molecule has 0 unspecified atom stereocenters. The average Bonchev–Trinajstić information content (AvgIpc) is 3.08. The van der Waals surface area contributed by atoms with Crippen molar-refractivity contribution in [2.75, 3.05) is 23.4 Å². The van der Waals surface area contributed by atoms with Crippen LogP contribution in [0, 0.1) is 18.8 Å². The van der Waals surface area contributed by atoms with Gasteiger partial charge in [-0.15, -0.1) is 0 Å². The Bertz CT molecular complexity index is 905. The maximum Gasteiger partial charge on any atom is 0.338 e. The van der Waals surface area contributed by atoms with Crippen LogP contribution in [0.3, 0.4) is 0 Å². The zero-order chi connectivity index (χ0) is 21.0. The summed E-state index contributed by atoms with van der Waals surface area (Å²) in [6.07, 6.45) is 0.180. The lowest BCUT2D eigenvalue weighted by atomic mass is 10.1. The van der Waals surface area contributed by atoms with Crippen LogP contribution in [0.5, 0.6) is 0 Å². The minimum absolute atomic E-state index is 0.0531. The highest BCUT2D eigenvalue weighted by molar-refractivity contribution is 6.04. The molecule has 1 aliphatic rings.